The molecule has 0 aliphatic carbocycles. The molecule has 1 heterocycles. The number of carbonyl (C=O) groups is 1. The first-order valence-corrected chi connectivity index (χ1v) is 7.90. The fourth-order valence-electron chi connectivity index (χ4n) is 1.81. The van der Waals surface area contributed by atoms with Crippen LogP contribution in [0.3, 0.4) is 0 Å². The summed E-state index contributed by atoms with van der Waals surface area (Å²) in [6, 6.07) is 13.8. The summed E-state index contributed by atoms with van der Waals surface area (Å²) in [4.78, 5) is 12.1. The zero-order valence-electron chi connectivity index (χ0n) is 11.1. The minimum atomic E-state index is -0.598. The van der Waals surface area contributed by atoms with Gasteiger partial charge in [0, 0.05) is 10.0 Å². The fraction of sp³-hybridized carbons (Fsp3) is 0. The second-order valence-corrected chi connectivity index (χ2v) is 6.25. The van der Waals surface area contributed by atoms with E-state index in [1.807, 2.05) is 30.3 Å². The lowest BCUT2D eigenvalue weighted by Gasteiger charge is -2.02. The number of carbonyl (C=O) groups excluding carboxylic acids is 1. The second-order valence-electron chi connectivity index (χ2n) is 4.36. The van der Waals surface area contributed by atoms with Gasteiger partial charge < -0.3 is 0 Å². The van der Waals surface area contributed by atoms with E-state index in [0.29, 0.717) is 14.6 Å². The number of aromatic nitrogens is 2. The van der Waals surface area contributed by atoms with Gasteiger partial charge in [0.1, 0.15) is 10.8 Å². The van der Waals surface area contributed by atoms with Crippen LogP contribution >= 0.6 is 27.3 Å². The first kappa shape index (κ1) is 14.8. The highest BCUT2D eigenvalue weighted by molar-refractivity contribution is 9.10. The van der Waals surface area contributed by atoms with E-state index in [0.717, 1.165) is 5.56 Å². The number of hydrogen-bond acceptors (Lipinski definition) is 4. The molecule has 0 unspecified atom stereocenters. The predicted octanol–water partition coefficient (Wildman–Crippen LogP) is 4.36. The molecule has 110 valence electrons. The lowest BCUT2D eigenvalue weighted by Crippen LogP contribution is -2.13. The number of rotatable bonds is 3. The Morgan fingerprint density at radius 3 is 2.64 bits per heavy atom. The summed E-state index contributed by atoms with van der Waals surface area (Å²) in [7, 11) is 0. The number of benzene rings is 2. The molecular formula is C15H9BrFN3OS. The molecule has 2 aromatic carbocycles. The van der Waals surface area contributed by atoms with Gasteiger partial charge in [-0.25, -0.2) is 4.39 Å². The standard InChI is InChI=1S/C15H9BrFN3OS/c16-10-6-7-11(12(17)8-10)13(21)18-15-20-19-14(22-15)9-4-2-1-3-5-9/h1-8H,(H,18,20,21). The molecule has 0 bridgehead atoms. The minimum absolute atomic E-state index is 0.0420. The van der Waals surface area contributed by atoms with Gasteiger partial charge in [0.15, 0.2) is 0 Å². The van der Waals surface area contributed by atoms with Crippen molar-refractivity contribution in [3.05, 3.63) is 64.4 Å². The Balaban J connectivity index is 1.79. The van der Waals surface area contributed by atoms with E-state index in [1.165, 1.54) is 23.5 Å². The second kappa shape index (κ2) is 6.33. The summed E-state index contributed by atoms with van der Waals surface area (Å²) in [5.74, 6) is -1.15. The Labute approximate surface area is 138 Å². The van der Waals surface area contributed by atoms with E-state index >= 15 is 0 Å². The van der Waals surface area contributed by atoms with Gasteiger partial charge in [0.05, 0.1) is 5.56 Å². The Morgan fingerprint density at radius 2 is 1.91 bits per heavy atom. The van der Waals surface area contributed by atoms with Crippen molar-refractivity contribution in [1.29, 1.82) is 0 Å². The highest BCUT2D eigenvalue weighted by atomic mass is 79.9. The Kier molecular flexibility index (Phi) is 4.26. The summed E-state index contributed by atoms with van der Waals surface area (Å²) >= 11 is 4.38. The lowest BCUT2D eigenvalue weighted by atomic mass is 10.2. The predicted molar refractivity (Wildman–Crippen MR) is 87.4 cm³/mol. The number of nitrogens with one attached hydrogen (secondary N) is 1. The Morgan fingerprint density at radius 1 is 1.14 bits per heavy atom. The molecule has 0 spiro atoms. The highest BCUT2D eigenvalue weighted by Gasteiger charge is 2.14. The van der Waals surface area contributed by atoms with Gasteiger partial charge >= 0.3 is 0 Å². The molecule has 4 nitrogen and oxygen atoms in total. The molecule has 7 heteroatoms. The third-order valence-corrected chi connectivity index (χ3v) is 4.22. The molecule has 22 heavy (non-hydrogen) atoms. The van der Waals surface area contributed by atoms with Crippen molar-refractivity contribution < 1.29 is 9.18 Å². The van der Waals surface area contributed by atoms with Gasteiger partial charge in [0.2, 0.25) is 5.13 Å². The molecule has 0 radical (unpaired) electrons. The van der Waals surface area contributed by atoms with Gasteiger partial charge in [0.25, 0.3) is 5.91 Å². The molecule has 1 amide bonds. The zero-order valence-corrected chi connectivity index (χ0v) is 13.5. The van der Waals surface area contributed by atoms with Crippen LogP contribution in [0.1, 0.15) is 10.4 Å². The number of halogens is 2. The summed E-state index contributed by atoms with van der Waals surface area (Å²) in [6.45, 7) is 0. The molecule has 0 fully saturated rings. The van der Waals surface area contributed by atoms with Crippen LogP contribution in [0, 0.1) is 5.82 Å². The SMILES string of the molecule is O=C(Nc1nnc(-c2ccccc2)s1)c1ccc(Br)cc1F. The average molecular weight is 378 g/mol. The van der Waals surface area contributed by atoms with Gasteiger partial charge in [-0.1, -0.05) is 57.6 Å². The molecule has 0 aliphatic heterocycles. The minimum Gasteiger partial charge on any atom is -0.296 e. The van der Waals surface area contributed by atoms with Crippen LogP contribution in [0.2, 0.25) is 0 Å². The van der Waals surface area contributed by atoms with Crippen molar-refractivity contribution in [2.24, 2.45) is 0 Å². The quantitative estimate of drug-likeness (QED) is 0.737. The third kappa shape index (κ3) is 3.20. The molecule has 0 saturated heterocycles. The van der Waals surface area contributed by atoms with E-state index in [4.69, 9.17) is 0 Å². The van der Waals surface area contributed by atoms with E-state index in [2.05, 4.69) is 31.4 Å². The van der Waals surface area contributed by atoms with Crippen LogP contribution in [0.25, 0.3) is 10.6 Å². The van der Waals surface area contributed by atoms with Gasteiger partial charge in [-0.3, -0.25) is 10.1 Å². The summed E-state index contributed by atoms with van der Waals surface area (Å²) in [5, 5.41) is 11.5. The summed E-state index contributed by atoms with van der Waals surface area (Å²) < 4.78 is 14.3. The number of anilines is 1. The molecule has 3 aromatic rings. The number of hydrogen-bond donors (Lipinski definition) is 1. The Hall–Kier alpha value is -2.12. The molecule has 1 aromatic heterocycles. The maximum Gasteiger partial charge on any atom is 0.260 e. The van der Waals surface area contributed by atoms with E-state index < -0.39 is 11.7 Å². The van der Waals surface area contributed by atoms with E-state index in [-0.39, 0.29) is 5.56 Å². The fourth-order valence-corrected chi connectivity index (χ4v) is 2.89. The normalized spacial score (nSPS) is 10.5. The topological polar surface area (TPSA) is 54.9 Å². The van der Waals surface area contributed by atoms with Crippen molar-refractivity contribution in [3.63, 3.8) is 0 Å². The molecule has 0 saturated carbocycles. The summed E-state index contributed by atoms with van der Waals surface area (Å²) in [5.41, 5.74) is 0.870. The molecular weight excluding hydrogens is 369 g/mol. The largest absolute Gasteiger partial charge is 0.296 e. The van der Waals surface area contributed by atoms with E-state index in [1.54, 1.807) is 6.07 Å². The highest BCUT2D eigenvalue weighted by Crippen LogP contribution is 2.26. The summed E-state index contributed by atoms with van der Waals surface area (Å²) in [6.07, 6.45) is 0. The van der Waals surface area contributed by atoms with Crippen LogP contribution in [-0.4, -0.2) is 16.1 Å². The first-order chi connectivity index (χ1) is 10.6. The van der Waals surface area contributed by atoms with Crippen molar-refractivity contribution in [3.8, 4) is 10.6 Å². The van der Waals surface area contributed by atoms with Gasteiger partial charge in [-0.05, 0) is 18.2 Å². The monoisotopic (exact) mass is 377 g/mol. The first-order valence-electron chi connectivity index (χ1n) is 6.29. The van der Waals surface area contributed by atoms with Crippen molar-refractivity contribution in [1.82, 2.24) is 10.2 Å². The lowest BCUT2D eigenvalue weighted by molar-refractivity contribution is 0.102. The van der Waals surface area contributed by atoms with Crippen molar-refractivity contribution >= 4 is 38.3 Å². The van der Waals surface area contributed by atoms with Crippen LogP contribution in [0.4, 0.5) is 9.52 Å². The smallest absolute Gasteiger partial charge is 0.260 e. The molecule has 0 aliphatic rings. The zero-order chi connectivity index (χ0) is 15.5. The molecule has 0 atom stereocenters. The van der Waals surface area contributed by atoms with Crippen molar-refractivity contribution in [2.45, 2.75) is 0 Å². The Bertz CT molecular complexity index is 823. The van der Waals surface area contributed by atoms with Crippen LogP contribution in [0.5, 0.6) is 0 Å². The third-order valence-electron chi connectivity index (χ3n) is 2.84. The molecule has 1 N–H and O–H groups in total. The van der Waals surface area contributed by atoms with Gasteiger partial charge in [-0.2, -0.15) is 0 Å². The van der Waals surface area contributed by atoms with E-state index in [9.17, 15) is 9.18 Å². The number of nitrogens with zero attached hydrogens (tertiary/aromatic N) is 2. The number of amides is 1. The average Bonchev–Trinajstić information content (AvgIpc) is 2.96. The van der Waals surface area contributed by atoms with Gasteiger partial charge in [-0.15, -0.1) is 10.2 Å². The van der Waals surface area contributed by atoms with Crippen LogP contribution in [0.15, 0.2) is 53.0 Å². The molecule has 3 rings (SSSR count). The maximum absolute atomic E-state index is 13.8. The van der Waals surface area contributed by atoms with Crippen molar-refractivity contribution in [2.75, 3.05) is 5.32 Å². The maximum atomic E-state index is 13.8. The van der Waals surface area contributed by atoms with Crippen LogP contribution in [-0.2, 0) is 0 Å². The van der Waals surface area contributed by atoms with Crippen LogP contribution < -0.4 is 5.32 Å².